The summed E-state index contributed by atoms with van der Waals surface area (Å²) in [5, 5.41) is 10.3. The van der Waals surface area contributed by atoms with Crippen molar-refractivity contribution in [2.45, 2.75) is 77.2 Å². The number of aliphatic hydroxyl groups is 1. The van der Waals surface area contributed by atoms with Gasteiger partial charge in [-0.25, -0.2) is 0 Å². The fraction of sp³-hybridized carbons (Fsp3) is 0.929. The Morgan fingerprint density at radius 3 is 2.44 bits per heavy atom. The van der Waals surface area contributed by atoms with E-state index in [9.17, 15) is 9.90 Å². The van der Waals surface area contributed by atoms with Crippen LogP contribution >= 0.6 is 0 Å². The Kier molecular flexibility index (Phi) is 5.47. The van der Waals surface area contributed by atoms with Crippen LogP contribution in [0.15, 0.2) is 0 Å². The monoisotopic (exact) mass is 226 g/mol. The lowest BCUT2D eigenvalue weighted by Crippen LogP contribution is -2.41. The smallest absolute Gasteiger partial charge is 0.164 e. The van der Waals surface area contributed by atoms with Gasteiger partial charge in [-0.2, -0.15) is 0 Å². The van der Waals surface area contributed by atoms with Crippen LogP contribution in [0, 0.1) is 5.92 Å². The maximum atomic E-state index is 11.9. The van der Waals surface area contributed by atoms with E-state index in [1.165, 1.54) is 12.8 Å². The number of hydrogen-bond acceptors (Lipinski definition) is 2. The Bertz CT molecular complexity index is 215. The van der Waals surface area contributed by atoms with Crippen molar-refractivity contribution < 1.29 is 9.90 Å². The Balaban J connectivity index is 2.29. The first-order valence-corrected chi connectivity index (χ1v) is 6.84. The molecule has 2 nitrogen and oxygen atoms in total. The molecule has 0 bridgehead atoms. The zero-order valence-corrected chi connectivity index (χ0v) is 10.8. The topological polar surface area (TPSA) is 37.3 Å². The average molecular weight is 226 g/mol. The molecule has 0 atom stereocenters. The van der Waals surface area contributed by atoms with Crippen molar-refractivity contribution in [3.05, 3.63) is 0 Å². The molecular formula is C14H26O2. The van der Waals surface area contributed by atoms with E-state index in [1.54, 1.807) is 0 Å². The molecule has 1 rings (SSSR count). The van der Waals surface area contributed by atoms with E-state index in [-0.39, 0.29) is 5.78 Å². The van der Waals surface area contributed by atoms with Crippen LogP contribution in [0.1, 0.15) is 71.6 Å². The van der Waals surface area contributed by atoms with E-state index in [0.717, 1.165) is 25.7 Å². The number of ketones is 1. The first-order chi connectivity index (χ1) is 7.58. The summed E-state index contributed by atoms with van der Waals surface area (Å²) in [5.41, 5.74) is -0.973. The maximum Gasteiger partial charge on any atom is 0.164 e. The highest BCUT2D eigenvalue weighted by molar-refractivity contribution is 5.87. The van der Waals surface area contributed by atoms with Gasteiger partial charge in [-0.05, 0) is 38.0 Å². The van der Waals surface area contributed by atoms with Gasteiger partial charge in [-0.1, -0.05) is 33.1 Å². The van der Waals surface area contributed by atoms with Gasteiger partial charge in [0.2, 0.25) is 0 Å². The lowest BCUT2D eigenvalue weighted by atomic mass is 9.76. The molecule has 0 amide bonds. The van der Waals surface area contributed by atoms with Crippen molar-refractivity contribution in [1.82, 2.24) is 0 Å². The Morgan fingerprint density at radius 1 is 1.25 bits per heavy atom. The van der Waals surface area contributed by atoms with Crippen LogP contribution in [0.2, 0.25) is 0 Å². The van der Waals surface area contributed by atoms with Crippen LogP contribution in [0.5, 0.6) is 0 Å². The average Bonchev–Trinajstić information content (AvgIpc) is 2.28. The number of carbonyl (C=O) groups is 1. The quantitative estimate of drug-likeness (QED) is 0.704. The third kappa shape index (κ3) is 3.89. The second-order valence-corrected chi connectivity index (χ2v) is 5.45. The normalized spacial score (nSPS) is 30.3. The van der Waals surface area contributed by atoms with E-state index in [2.05, 4.69) is 13.8 Å². The number of Topliss-reactive ketones (excluding diaryl/α,β-unsaturated/α-hetero) is 1. The molecule has 0 heterocycles. The zero-order chi connectivity index (χ0) is 12.0. The molecule has 94 valence electrons. The number of rotatable bonds is 6. The molecule has 0 radical (unpaired) electrons. The fourth-order valence-corrected chi connectivity index (χ4v) is 2.46. The molecule has 16 heavy (non-hydrogen) atoms. The van der Waals surface area contributed by atoms with E-state index in [4.69, 9.17) is 0 Å². The Labute approximate surface area is 99.4 Å². The van der Waals surface area contributed by atoms with Crippen LogP contribution < -0.4 is 0 Å². The van der Waals surface area contributed by atoms with Crippen molar-refractivity contribution >= 4 is 5.78 Å². The molecule has 0 aromatic carbocycles. The minimum atomic E-state index is -0.973. The first-order valence-electron chi connectivity index (χ1n) is 6.84. The highest BCUT2D eigenvalue weighted by Gasteiger charge is 2.37. The van der Waals surface area contributed by atoms with Crippen LogP contribution in [-0.4, -0.2) is 16.5 Å². The first kappa shape index (κ1) is 13.7. The highest BCUT2D eigenvalue weighted by atomic mass is 16.3. The molecule has 0 aromatic heterocycles. The molecule has 1 aliphatic carbocycles. The maximum absolute atomic E-state index is 11.9. The zero-order valence-electron chi connectivity index (χ0n) is 10.8. The molecule has 0 aliphatic heterocycles. The van der Waals surface area contributed by atoms with Gasteiger partial charge in [-0.15, -0.1) is 0 Å². The standard InChI is InChI=1S/C14H26O2/c1-3-4-5-6-7-13(15)14(16)10-8-12(2)9-11-14/h12,16H,3-11H2,1-2H3. The summed E-state index contributed by atoms with van der Waals surface area (Å²) in [4.78, 5) is 11.9. The second-order valence-electron chi connectivity index (χ2n) is 5.45. The van der Waals surface area contributed by atoms with Gasteiger partial charge >= 0.3 is 0 Å². The van der Waals surface area contributed by atoms with Gasteiger partial charge in [0.05, 0.1) is 0 Å². The lowest BCUT2D eigenvalue weighted by molar-refractivity contribution is -0.141. The number of hydrogen-bond donors (Lipinski definition) is 1. The van der Waals surface area contributed by atoms with Crippen LogP contribution in [-0.2, 0) is 4.79 Å². The van der Waals surface area contributed by atoms with Gasteiger partial charge in [0.1, 0.15) is 5.60 Å². The van der Waals surface area contributed by atoms with E-state index in [0.29, 0.717) is 25.2 Å². The molecule has 0 aromatic rings. The van der Waals surface area contributed by atoms with Crippen LogP contribution in [0.3, 0.4) is 0 Å². The summed E-state index contributed by atoms with van der Waals surface area (Å²) in [6.45, 7) is 4.36. The van der Waals surface area contributed by atoms with Crippen molar-refractivity contribution in [2.24, 2.45) is 5.92 Å². The van der Waals surface area contributed by atoms with E-state index >= 15 is 0 Å². The largest absolute Gasteiger partial charge is 0.382 e. The lowest BCUT2D eigenvalue weighted by Gasteiger charge is -2.33. The van der Waals surface area contributed by atoms with Gasteiger partial charge in [0.15, 0.2) is 5.78 Å². The van der Waals surface area contributed by atoms with Crippen molar-refractivity contribution in [3.8, 4) is 0 Å². The molecule has 0 unspecified atom stereocenters. The summed E-state index contributed by atoms with van der Waals surface area (Å²) in [5.74, 6) is 0.767. The van der Waals surface area contributed by atoms with Gasteiger partial charge in [-0.3, -0.25) is 4.79 Å². The third-order valence-corrected chi connectivity index (χ3v) is 3.88. The summed E-state index contributed by atoms with van der Waals surface area (Å²) in [6, 6.07) is 0. The molecule has 1 saturated carbocycles. The molecular weight excluding hydrogens is 200 g/mol. The number of unbranched alkanes of at least 4 members (excludes halogenated alkanes) is 3. The fourth-order valence-electron chi connectivity index (χ4n) is 2.46. The third-order valence-electron chi connectivity index (χ3n) is 3.88. The summed E-state index contributed by atoms with van der Waals surface area (Å²) in [7, 11) is 0. The van der Waals surface area contributed by atoms with Crippen molar-refractivity contribution in [3.63, 3.8) is 0 Å². The van der Waals surface area contributed by atoms with Gasteiger partial charge in [0, 0.05) is 6.42 Å². The SMILES string of the molecule is CCCCCCC(=O)C1(O)CCC(C)CC1. The summed E-state index contributed by atoms with van der Waals surface area (Å²) < 4.78 is 0. The number of carbonyl (C=O) groups excluding carboxylic acids is 1. The summed E-state index contributed by atoms with van der Waals surface area (Å²) >= 11 is 0. The van der Waals surface area contributed by atoms with Crippen LogP contribution in [0.4, 0.5) is 0 Å². The molecule has 1 fully saturated rings. The second kappa shape index (κ2) is 6.39. The minimum absolute atomic E-state index is 0.0931. The molecule has 0 saturated heterocycles. The van der Waals surface area contributed by atoms with E-state index < -0.39 is 5.60 Å². The highest BCUT2D eigenvalue weighted by Crippen LogP contribution is 2.33. The Hall–Kier alpha value is -0.370. The van der Waals surface area contributed by atoms with Crippen molar-refractivity contribution in [2.75, 3.05) is 0 Å². The predicted octanol–water partition coefficient (Wildman–Crippen LogP) is 3.47. The van der Waals surface area contributed by atoms with Gasteiger partial charge < -0.3 is 5.11 Å². The predicted molar refractivity (Wildman–Crippen MR) is 66.3 cm³/mol. The minimum Gasteiger partial charge on any atom is -0.382 e. The van der Waals surface area contributed by atoms with Crippen LogP contribution in [0.25, 0.3) is 0 Å². The van der Waals surface area contributed by atoms with Crippen molar-refractivity contribution in [1.29, 1.82) is 0 Å². The molecule has 0 spiro atoms. The molecule has 1 aliphatic rings. The van der Waals surface area contributed by atoms with E-state index in [1.807, 2.05) is 0 Å². The summed E-state index contributed by atoms with van der Waals surface area (Å²) in [6.07, 6.45) is 8.39. The van der Waals surface area contributed by atoms with Gasteiger partial charge in [0.25, 0.3) is 0 Å². The Morgan fingerprint density at radius 2 is 1.88 bits per heavy atom. The molecule has 1 N–H and O–H groups in total. The molecule has 2 heteroatoms.